The summed E-state index contributed by atoms with van der Waals surface area (Å²) in [5.74, 6) is 0.464. The molecule has 0 aromatic carbocycles. The van der Waals surface area contributed by atoms with Crippen LogP contribution < -0.4 is 5.32 Å². The fourth-order valence-corrected chi connectivity index (χ4v) is 3.16. The van der Waals surface area contributed by atoms with E-state index in [9.17, 15) is 4.79 Å². The van der Waals surface area contributed by atoms with Crippen LogP contribution in [0.25, 0.3) is 0 Å². The molecular weight excluding hydrogens is 246 g/mol. The summed E-state index contributed by atoms with van der Waals surface area (Å²) in [5, 5.41) is 4.33. The third-order valence-corrected chi connectivity index (χ3v) is 4.51. The summed E-state index contributed by atoms with van der Waals surface area (Å²) in [6.45, 7) is 4.69. The van der Waals surface area contributed by atoms with Crippen LogP contribution >= 0.6 is 11.3 Å². The van der Waals surface area contributed by atoms with Gasteiger partial charge in [-0.1, -0.05) is 6.92 Å². The maximum Gasteiger partial charge on any atom is 0.225 e. The molecule has 1 aromatic heterocycles. The van der Waals surface area contributed by atoms with E-state index in [0.717, 1.165) is 37.4 Å². The molecule has 2 heterocycles. The second kappa shape index (κ2) is 6.29. The Labute approximate surface area is 112 Å². The molecule has 100 valence electrons. The van der Waals surface area contributed by atoms with E-state index in [1.54, 1.807) is 11.3 Å². The van der Waals surface area contributed by atoms with Crippen LogP contribution in [-0.2, 0) is 17.8 Å². The summed E-state index contributed by atoms with van der Waals surface area (Å²) in [6.07, 6.45) is 4.86. The van der Waals surface area contributed by atoms with Gasteiger partial charge in [0.2, 0.25) is 5.91 Å². The van der Waals surface area contributed by atoms with Crippen molar-refractivity contribution in [3.63, 3.8) is 0 Å². The molecule has 0 aliphatic carbocycles. The Balaban J connectivity index is 1.89. The largest absolute Gasteiger partial charge is 0.339 e. The standard InChI is InChI=1S/C13H21N3OS/c1-3-11-8-15-12(18-11)9-16(2)13(17)10-4-6-14-7-5-10/h8,10,14H,3-7,9H2,1-2H3. The number of piperidine rings is 1. The van der Waals surface area contributed by atoms with Gasteiger partial charge in [0, 0.05) is 24.0 Å². The zero-order chi connectivity index (χ0) is 13.0. The number of hydrogen-bond donors (Lipinski definition) is 1. The molecule has 18 heavy (non-hydrogen) atoms. The number of nitrogens with zero attached hydrogens (tertiary/aromatic N) is 2. The topological polar surface area (TPSA) is 45.2 Å². The van der Waals surface area contributed by atoms with Crippen LogP contribution in [0.1, 0.15) is 29.7 Å². The van der Waals surface area contributed by atoms with Crippen LogP contribution in [0.3, 0.4) is 0 Å². The van der Waals surface area contributed by atoms with Gasteiger partial charge in [0.1, 0.15) is 5.01 Å². The lowest BCUT2D eigenvalue weighted by molar-refractivity contribution is -0.135. The first kappa shape index (κ1) is 13.5. The van der Waals surface area contributed by atoms with Crippen molar-refractivity contribution in [2.24, 2.45) is 5.92 Å². The van der Waals surface area contributed by atoms with Crippen molar-refractivity contribution in [3.05, 3.63) is 16.1 Å². The van der Waals surface area contributed by atoms with E-state index in [0.29, 0.717) is 6.54 Å². The number of carbonyl (C=O) groups is 1. The molecule has 4 nitrogen and oxygen atoms in total. The van der Waals surface area contributed by atoms with Crippen LogP contribution in [0.15, 0.2) is 6.20 Å². The van der Waals surface area contributed by atoms with E-state index in [2.05, 4.69) is 17.2 Å². The van der Waals surface area contributed by atoms with E-state index < -0.39 is 0 Å². The molecule has 1 aromatic rings. The van der Waals surface area contributed by atoms with E-state index in [-0.39, 0.29) is 11.8 Å². The molecule has 0 spiro atoms. The maximum absolute atomic E-state index is 12.3. The van der Waals surface area contributed by atoms with Gasteiger partial charge >= 0.3 is 0 Å². The number of aromatic nitrogens is 1. The van der Waals surface area contributed by atoms with Crippen molar-refractivity contribution in [3.8, 4) is 0 Å². The minimum Gasteiger partial charge on any atom is -0.339 e. The summed E-state index contributed by atoms with van der Waals surface area (Å²) in [7, 11) is 1.89. The lowest BCUT2D eigenvalue weighted by Crippen LogP contribution is -2.38. The molecule has 1 saturated heterocycles. The molecule has 0 atom stereocenters. The van der Waals surface area contributed by atoms with Crippen molar-refractivity contribution in [2.75, 3.05) is 20.1 Å². The summed E-state index contributed by atoms with van der Waals surface area (Å²) in [6, 6.07) is 0. The van der Waals surface area contributed by atoms with Crippen molar-refractivity contribution < 1.29 is 4.79 Å². The highest BCUT2D eigenvalue weighted by Crippen LogP contribution is 2.18. The molecule has 0 bridgehead atoms. The lowest BCUT2D eigenvalue weighted by atomic mass is 9.97. The molecule has 0 saturated carbocycles. The molecule has 1 aliphatic heterocycles. The number of rotatable bonds is 4. The number of carbonyl (C=O) groups excluding carboxylic acids is 1. The Bertz CT molecular complexity index is 399. The third kappa shape index (κ3) is 3.29. The van der Waals surface area contributed by atoms with Crippen LogP contribution in [0.4, 0.5) is 0 Å². The number of amides is 1. The third-order valence-electron chi connectivity index (χ3n) is 3.39. The number of hydrogen-bond acceptors (Lipinski definition) is 4. The normalized spacial score (nSPS) is 16.8. The quantitative estimate of drug-likeness (QED) is 0.902. The second-order valence-corrected chi connectivity index (χ2v) is 5.99. The highest BCUT2D eigenvalue weighted by Gasteiger charge is 2.24. The molecule has 1 aliphatic rings. The van der Waals surface area contributed by atoms with Gasteiger partial charge in [-0.3, -0.25) is 4.79 Å². The van der Waals surface area contributed by atoms with Gasteiger partial charge in [0.25, 0.3) is 0 Å². The molecule has 1 N–H and O–H groups in total. The smallest absolute Gasteiger partial charge is 0.225 e. The molecule has 0 unspecified atom stereocenters. The van der Waals surface area contributed by atoms with Gasteiger partial charge in [-0.15, -0.1) is 11.3 Å². The Morgan fingerprint density at radius 1 is 1.56 bits per heavy atom. The molecule has 2 rings (SSSR count). The summed E-state index contributed by atoms with van der Waals surface area (Å²) < 4.78 is 0. The Kier molecular flexibility index (Phi) is 4.72. The van der Waals surface area contributed by atoms with Gasteiger partial charge in [-0.25, -0.2) is 4.98 Å². The van der Waals surface area contributed by atoms with Crippen molar-refractivity contribution in [1.82, 2.24) is 15.2 Å². The van der Waals surface area contributed by atoms with E-state index in [1.165, 1.54) is 4.88 Å². The van der Waals surface area contributed by atoms with Crippen molar-refractivity contribution >= 4 is 17.2 Å². The van der Waals surface area contributed by atoms with Gasteiger partial charge in [-0.2, -0.15) is 0 Å². The van der Waals surface area contributed by atoms with Crippen LogP contribution in [0, 0.1) is 5.92 Å². The molecule has 0 radical (unpaired) electrons. The Morgan fingerprint density at radius 2 is 2.28 bits per heavy atom. The number of thiazole rings is 1. The van der Waals surface area contributed by atoms with E-state index in [1.807, 2.05) is 18.1 Å². The zero-order valence-corrected chi connectivity index (χ0v) is 11.9. The van der Waals surface area contributed by atoms with E-state index >= 15 is 0 Å². The predicted molar refractivity (Wildman–Crippen MR) is 73.6 cm³/mol. The maximum atomic E-state index is 12.3. The summed E-state index contributed by atoms with van der Waals surface area (Å²) in [4.78, 5) is 19.7. The summed E-state index contributed by atoms with van der Waals surface area (Å²) >= 11 is 1.71. The van der Waals surface area contributed by atoms with Gasteiger partial charge in [-0.05, 0) is 32.4 Å². The van der Waals surface area contributed by atoms with Gasteiger partial charge in [0.05, 0.1) is 6.54 Å². The number of aryl methyl sites for hydroxylation is 1. The average Bonchev–Trinajstić information content (AvgIpc) is 2.86. The fraction of sp³-hybridized carbons (Fsp3) is 0.692. The van der Waals surface area contributed by atoms with Gasteiger partial charge in [0.15, 0.2) is 0 Å². The Morgan fingerprint density at radius 3 is 2.89 bits per heavy atom. The first-order chi connectivity index (χ1) is 8.70. The number of nitrogens with one attached hydrogen (secondary N) is 1. The second-order valence-electron chi connectivity index (χ2n) is 4.79. The monoisotopic (exact) mass is 267 g/mol. The predicted octanol–water partition coefficient (Wildman–Crippen LogP) is 1.66. The van der Waals surface area contributed by atoms with Crippen molar-refractivity contribution in [2.45, 2.75) is 32.7 Å². The first-order valence-corrected chi connectivity index (χ1v) is 7.41. The molecule has 1 amide bonds. The van der Waals surface area contributed by atoms with Gasteiger partial charge < -0.3 is 10.2 Å². The van der Waals surface area contributed by atoms with Crippen LogP contribution in [0.2, 0.25) is 0 Å². The molecule has 1 fully saturated rings. The fourth-order valence-electron chi connectivity index (χ4n) is 2.25. The average molecular weight is 267 g/mol. The Hall–Kier alpha value is -0.940. The van der Waals surface area contributed by atoms with Crippen molar-refractivity contribution in [1.29, 1.82) is 0 Å². The van der Waals surface area contributed by atoms with Crippen LogP contribution in [-0.4, -0.2) is 35.9 Å². The van der Waals surface area contributed by atoms with Crippen LogP contribution in [0.5, 0.6) is 0 Å². The first-order valence-electron chi connectivity index (χ1n) is 6.60. The highest BCUT2D eigenvalue weighted by atomic mass is 32.1. The highest BCUT2D eigenvalue weighted by molar-refractivity contribution is 7.11. The zero-order valence-electron chi connectivity index (χ0n) is 11.1. The molecular formula is C13H21N3OS. The lowest BCUT2D eigenvalue weighted by Gasteiger charge is -2.26. The minimum atomic E-state index is 0.196. The van der Waals surface area contributed by atoms with E-state index in [4.69, 9.17) is 0 Å². The summed E-state index contributed by atoms with van der Waals surface area (Å²) in [5.41, 5.74) is 0. The molecule has 5 heteroatoms. The SMILES string of the molecule is CCc1cnc(CN(C)C(=O)C2CCNCC2)s1. The minimum absolute atomic E-state index is 0.196.